The van der Waals surface area contributed by atoms with E-state index in [1.807, 2.05) is 0 Å². The van der Waals surface area contributed by atoms with Gasteiger partial charge in [-0.25, -0.2) is 8.78 Å². The summed E-state index contributed by atoms with van der Waals surface area (Å²) in [7, 11) is 0. The molecule has 0 saturated heterocycles. The van der Waals surface area contributed by atoms with Crippen LogP contribution in [0.2, 0.25) is 0 Å². The molecule has 6 heteroatoms. The van der Waals surface area contributed by atoms with E-state index < -0.39 is 24.3 Å². The first-order chi connectivity index (χ1) is 6.52. The zero-order valence-corrected chi connectivity index (χ0v) is 8.27. The maximum Gasteiger partial charge on any atom is 0.387 e. The lowest BCUT2D eigenvalue weighted by atomic mass is 10.2. The van der Waals surface area contributed by atoms with Crippen LogP contribution in [0.5, 0.6) is 5.75 Å². The molecule has 0 atom stereocenters. The van der Waals surface area contributed by atoms with Gasteiger partial charge in [-0.1, -0.05) is 6.07 Å². The van der Waals surface area contributed by atoms with Crippen LogP contribution in [0.4, 0.5) is 17.6 Å². The number of rotatable bonds is 3. The third-order valence-electron chi connectivity index (χ3n) is 1.44. The summed E-state index contributed by atoms with van der Waals surface area (Å²) >= 11 is 2.85. The highest BCUT2D eigenvalue weighted by Crippen LogP contribution is 2.36. The molecule has 0 aliphatic carbocycles. The Labute approximate surface area is 85.8 Å². The Morgan fingerprint density at radius 2 is 1.79 bits per heavy atom. The molecule has 1 nitrogen and oxygen atoms in total. The van der Waals surface area contributed by atoms with Crippen molar-refractivity contribution in [2.45, 2.75) is 13.0 Å². The van der Waals surface area contributed by atoms with Crippen molar-refractivity contribution < 1.29 is 22.3 Å². The number of halogens is 5. The molecule has 78 valence electrons. The number of alkyl halides is 4. The molecule has 0 bridgehead atoms. The van der Waals surface area contributed by atoms with Crippen LogP contribution < -0.4 is 4.74 Å². The highest BCUT2D eigenvalue weighted by Gasteiger charge is 2.19. The first kappa shape index (κ1) is 11.3. The van der Waals surface area contributed by atoms with Crippen LogP contribution in [-0.4, -0.2) is 6.61 Å². The van der Waals surface area contributed by atoms with Gasteiger partial charge in [-0.2, -0.15) is 8.78 Å². The molecule has 1 aromatic rings. The normalized spacial score (nSPS) is 11.1. The molecular formula is C8H5BrF4O. The van der Waals surface area contributed by atoms with E-state index in [0.29, 0.717) is 0 Å². The van der Waals surface area contributed by atoms with Gasteiger partial charge in [0.2, 0.25) is 0 Å². The molecule has 0 spiro atoms. The van der Waals surface area contributed by atoms with Gasteiger partial charge in [0, 0.05) is 0 Å². The predicted octanol–water partition coefficient (Wildman–Crippen LogP) is 3.99. The van der Waals surface area contributed by atoms with Crippen molar-refractivity contribution in [3.05, 3.63) is 28.2 Å². The monoisotopic (exact) mass is 272 g/mol. The van der Waals surface area contributed by atoms with Crippen LogP contribution in [0.15, 0.2) is 22.7 Å². The summed E-state index contributed by atoms with van der Waals surface area (Å²) in [6.07, 6.45) is -2.85. The number of hydrogen-bond donors (Lipinski definition) is 0. The first-order valence-electron chi connectivity index (χ1n) is 3.53. The number of hydrogen-bond acceptors (Lipinski definition) is 1. The van der Waals surface area contributed by atoms with E-state index in [4.69, 9.17) is 0 Å². The zero-order valence-electron chi connectivity index (χ0n) is 6.68. The van der Waals surface area contributed by atoms with Gasteiger partial charge in [-0.3, -0.25) is 0 Å². The van der Waals surface area contributed by atoms with Crippen LogP contribution >= 0.6 is 15.9 Å². The summed E-state index contributed by atoms with van der Waals surface area (Å²) in [6.45, 7) is -3.12. The Kier molecular flexibility index (Phi) is 3.74. The predicted molar refractivity (Wildman–Crippen MR) is 45.7 cm³/mol. The van der Waals surface area contributed by atoms with Gasteiger partial charge < -0.3 is 4.74 Å². The average Bonchev–Trinajstić information content (AvgIpc) is 2.07. The average molecular weight is 273 g/mol. The standard InChI is InChI=1S/C8H5BrF4O/c9-5-3-1-2-4(7(10)11)6(5)14-8(12)13/h1-3,7-8H. The van der Waals surface area contributed by atoms with Gasteiger partial charge in [-0.15, -0.1) is 0 Å². The lowest BCUT2D eigenvalue weighted by molar-refractivity contribution is -0.0524. The molecule has 14 heavy (non-hydrogen) atoms. The third-order valence-corrected chi connectivity index (χ3v) is 2.06. The van der Waals surface area contributed by atoms with Crippen LogP contribution in [0.3, 0.4) is 0 Å². The van der Waals surface area contributed by atoms with Gasteiger partial charge in [0.1, 0.15) is 5.75 Å². The maximum absolute atomic E-state index is 12.3. The van der Waals surface area contributed by atoms with Crippen molar-refractivity contribution in [3.8, 4) is 5.75 Å². The summed E-state index contributed by atoms with van der Waals surface area (Å²) in [5.41, 5.74) is -0.556. The largest absolute Gasteiger partial charge is 0.433 e. The lowest BCUT2D eigenvalue weighted by Crippen LogP contribution is -2.05. The second kappa shape index (κ2) is 4.63. The van der Waals surface area contributed by atoms with E-state index in [2.05, 4.69) is 20.7 Å². The van der Waals surface area contributed by atoms with Crippen molar-refractivity contribution in [2.24, 2.45) is 0 Å². The molecular weight excluding hydrogens is 268 g/mol. The molecule has 1 rings (SSSR count). The Hall–Kier alpha value is -0.780. The van der Waals surface area contributed by atoms with E-state index in [-0.39, 0.29) is 4.47 Å². The summed E-state index contributed by atoms with van der Waals surface area (Å²) in [5, 5.41) is 0. The maximum atomic E-state index is 12.3. The van der Waals surface area contributed by atoms with Crippen molar-refractivity contribution in [3.63, 3.8) is 0 Å². The summed E-state index contributed by atoms with van der Waals surface area (Å²) in [6, 6.07) is 3.71. The van der Waals surface area contributed by atoms with Crippen LogP contribution in [0.25, 0.3) is 0 Å². The van der Waals surface area contributed by atoms with E-state index in [1.165, 1.54) is 12.1 Å². The van der Waals surface area contributed by atoms with Crippen molar-refractivity contribution in [1.82, 2.24) is 0 Å². The van der Waals surface area contributed by atoms with E-state index >= 15 is 0 Å². The Bertz CT molecular complexity index is 316. The van der Waals surface area contributed by atoms with Gasteiger partial charge in [0.25, 0.3) is 6.43 Å². The minimum absolute atomic E-state index is 0.0793. The fourth-order valence-electron chi connectivity index (χ4n) is 0.911. The molecule has 0 heterocycles. The minimum atomic E-state index is -3.12. The number of ether oxygens (including phenoxy) is 1. The molecule has 0 unspecified atom stereocenters. The van der Waals surface area contributed by atoms with Crippen LogP contribution in [0.1, 0.15) is 12.0 Å². The molecule has 0 radical (unpaired) electrons. The third kappa shape index (κ3) is 2.60. The zero-order chi connectivity index (χ0) is 10.7. The Balaban J connectivity index is 3.09. The van der Waals surface area contributed by atoms with E-state index in [1.54, 1.807) is 0 Å². The molecule has 0 amide bonds. The smallest absolute Gasteiger partial charge is 0.387 e. The minimum Gasteiger partial charge on any atom is -0.433 e. The summed E-state index contributed by atoms with van der Waals surface area (Å²) in [5.74, 6) is -0.516. The fraction of sp³-hybridized carbons (Fsp3) is 0.250. The molecule has 1 aromatic carbocycles. The Morgan fingerprint density at radius 1 is 1.14 bits per heavy atom. The molecule has 0 N–H and O–H groups in total. The van der Waals surface area contributed by atoms with Crippen molar-refractivity contribution in [1.29, 1.82) is 0 Å². The molecule has 0 aliphatic heterocycles. The summed E-state index contributed by atoms with van der Waals surface area (Å²) < 4.78 is 52.4. The van der Waals surface area contributed by atoms with Gasteiger partial charge in [-0.05, 0) is 28.1 Å². The lowest BCUT2D eigenvalue weighted by Gasteiger charge is -2.11. The Morgan fingerprint density at radius 3 is 2.29 bits per heavy atom. The van der Waals surface area contributed by atoms with Gasteiger partial charge in [0.15, 0.2) is 0 Å². The molecule has 0 fully saturated rings. The second-order valence-electron chi connectivity index (χ2n) is 2.34. The topological polar surface area (TPSA) is 9.23 Å². The van der Waals surface area contributed by atoms with Gasteiger partial charge >= 0.3 is 6.61 Å². The quantitative estimate of drug-likeness (QED) is 0.756. The van der Waals surface area contributed by atoms with Crippen LogP contribution in [0, 0.1) is 0 Å². The van der Waals surface area contributed by atoms with Gasteiger partial charge in [0.05, 0.1) is 10.0 Å². The fourth-order valence-corrected chi connectivity index (χ4v) is 1.39. The van der Waals surface area contributed by atoms with Crippen LogP contribution in [-0.2, 0) is 0 Å². The molecule has 0 saturated carbocycles. The SMILES string of the molecule is FC(F)Oc1c(Br)cccc1C(F)F. The first-order valence-corrected chi connectivity index (χ1v) is 4.33. The molecule has 0 aromatic heterocycles. The highest BCUT2D eigenvalue weighted by molar-refractivity contribution is 9.10. The molecule has 0 aliphatic rings. The van der Waals surface area contributed by atoms with E-state index in [9.17, 15) is 17.6 Å². The second-order valence-corrected chi connectivity index (χ2v) is 3.19. The summed E-state index contributed by atoms with van der Waals surface area (Å²) in [4.78, 5) is 0. The number of para-hydroxylation sites is 1. The van der Waals surface area contributed by atoms with Crippen molar-refractivity contribution >= 4 is 15.9 Å². The van der Waals surface area contributed by atoms with Crippen molar-refractivity contribution in [2.75, 3.05) is 0 Å². The number of benzene rings is 1. The highest BCUT2D eigenvalue weighted by atomic mass is 79.9. The van der Waals surface area contributed by atoms with E-state index in [0.717, 1.165) is 6.07 Å².